The highest BCUT2D eigenvalue weighted by molar-refractivity contribution is 6.31. The number of hydrogen-bond donors (Lipinski definition) is 1. The fraction of sp³-hybridized carbons (Fsp3) is 0.250. The molecule has 0 amide bonds. The number of halogens is 2. The highest BCUT2D eigenvalue weighted by Gasteiger charge is 2.23. The van der Waals surface area contributed by atoms with Gasteiger partial charge in [0.2, 0.25) is 0 Å². The van der Waals surface area contributed by atoms with Gasteiger partial charge in [0.15, 0.2) is 0 Å². The number of hydrogen-bond acceptors (Lipinski definition) is 3. The summed E-state index contributed by atoms with van der Waals surface area (Å²) in [5, 5.41) is 9.84. The van der Waals surface area contributed by atoms with Crippen LogP contribution in [0.2, 0.25) is 10.0 Å². The molecule has 2 heterocycles. The van der Waals surface area contributed by atoms with E-state index < -0.39 is 0 Å². The Kier molecular flexibility index (Phi) is 4.79. The Bertz CT molecular complexity index is 935. The maximum absolute atomic E-state index is 6.26. The topological polar surface area (TPSA) is 39.1 Å². The second kappa shape index (κ2) is 7.22. The van der Waals surface area contributed by atoms with Gasteiger partial charge in [0.1, 0.15) is 17.3 Å². The zero-order chi connectivity index (χ0) is 18.1. The number of ether oxygens (including phenoxy) is 1. The SMILES string of the molecule is COc1ccc(Cl)cc1-c1nn(-c2ccc(Cl)cc2)c2c1CCCCN2. The van der Waals surface area contributed by atoms with Gasteiger partial charge < -0.3 is 10.1 Å². The number of benzene rings is 2. The van der Waals surface area contributed by atoms with Crippen LogP contribution < -0.4 is 10.1 Å². The molecule has 0 fully saturated rings. The Morgan fingerprint density at radius 3 is 2.58 bits per heavy atom. The van der Waals surface area contributed by atoms with Crippen LogP contribution in [0.25, 0.3) is 16.9 Å². The van der Waals surface area contributed by atoms with Crippen molar-refractivity contribution in [3.05, 3.63) is 58.1 Å². The molecule has 0 saturated carbocycles. The van der Waals surface area contributed by atoms with E-state index in [-0.39, 0.29) is 0 Å². The zero-order valence-corrected chi connectivity index (χ0v) is 15.9. The number of fused-ring (bicyclic) bond motifs is 1. The second-order valence-corrected chi connectivity index (χ2v) is 7.17. The molecule has 1 aromatic heterocycles. The van der Waals surface area contributed by atoms with Crippen LogP contribution in [0.5, 0.6) is 5.75 Å². The molecule has 0 radical (unpaired) electrons. The van der Waals surface area contributed by atoms with Crippen molar-refractivity contribution in [1.29, 1.82) is 0 Å². The van der Waals surface area contributed by atoms with E-state index in [2.05, 4.69) is 5.32 Å². The van der Waals surface area contributed by atoms with E-state index in [0.29, 0.717) is 10.0 Å². The molecule has 1 N–H and O–H groups in total. The standard InChI is InChI=1S/C20H19Cl2N3O/c1-26-18-10-7-14(22)12-17(18)19-16-4-2-3-11-23-20(16)25(24-19)15-8-5-13(21)6-9-15/h5-10,12,23H,2-4,11H2,1H3. The van der Waals surface area contributed by atoms with Crippen molar-refractivity contribution in [2.75, 3.05) is 19.0 Å². The van der Waals surface area contributed by atoms with Crippen molar-refractivity contribution in [3.63, 3.8) is 0 Å². The number of aromatic nitrogens is 2. The van der Waals surface area contributed by atoms with E-state index >= 15 is 0 Å². The number of nitrogens with one attached hydrogen (secondary N) is 1. The Hall–Kier alpha value is -2.17. The maximum Gasteiger partial charge on any atom is 0.133 e. The van der Waals surface area contributed by atoms with E-state index in [4.69, 9.17) is 33.0 Å². The first-order valence-corrected chi connectivity index (χ1v) is 9.38. The Morgan fingerprint density at radius 1 is 1.04 bits per heavy atom. The van der Waals surface area contributed by atoms with Gasteiger partial charge in [0.25, 0.3) is 0 Å². The van der Waals surface area contributed by atoms with Gasteiger partial charge in [-0.15, -0.1) is 0 Å². The summed E-state index contributed by atoms with van der Waals surface area (Å²) in [6.07, 6.45) is 3.20. The monoisotopic (exact) mass is 387 g/mol. The summed E-state index contributed by atoms with van der Waals surface area (Å²) >= 11 is 12.3. The molecule has 2 aromatic carbocycles. The first-order chi connectivity index (χ1) is 12.7. The van der Waals surface area contributed by atoms with Crippen LogP contribution in [-0.4, -0.2) is 23.4 Å². The third-order valence-corrected chi connectivity index (χ3v) is 5.10. The predicted octanol–water partition coefficient (Wildman–Crippen LogP) is 5.60. The number of nitrogens with zero attached hydrogens (tertiary/aromatic N) is 2. The molecule has 0 saturated heterocycles. The quantitative estimate of drug-likeness (QED) is 0.635. The molecule has 1 aliphatic heterocycles. The molecule has 0 spiro atoms. The first kappa shape index (κ1) is 17.3. The van der Waals surface area contributed by atoms with Crippen LogP contribution in [0.4, 0.5) is 5.82 Å². The van der Waals surface area contributed by atoms with Crippen molar-refractivity contribution in [1.82, 2.24) is 9.78 Å². The van der Waals surface area contributed by atoms with E-state index in [1.165, 1.54) is 5.56 Å². The minimum absolute atomic E-state index is 0.664. The van der Waals surface area contributed by atoms with E-state index in [1.54, 1.807) is 7.11 Å². The molecule has 0 bridgehead atoms. The van der Waals surface area contributed by atoms with Gasteiger partial charge >= 0.3 is 0 Å². The van der Waals surface area contributed by atoms with Gasteiger partial charge in [-0.2, -0.15) is 5.10 Å². The van der Waals surface area contributed by atoms with Crippen LogP contribution in [0.15, 0.2) is 42.5 Å². The summed E-state index contributed by atoms with van der Waals surface area (Å²) < 4.78 is 7.51. The third-order valence-electron chi connectivity index (χ3n) is 4.62. The normalized spacial score (nSPS) is 13.7. The van der Waals surface area contributed by atoms with Gasteiger partial charge in [-0.3, -0.25) is 0 Å². The maximum atomic E-state index is 6.26. The zero-order valence-electron chi connectivity index (χ0n) is 14.4. The van der Waals surface area contributed by atoms with Gasteiger partial charge in [-0.05, 0) is 61.7 Å². The largest absolute Gasteiger partial charge is 0.496 e. The molecule has 134 valence electrons. The lowest BCUT2D eigenvalue weighted by molar-refractivity contribution is 0.416. The summed E-state index contributed by atoms with van der Waals surface area (Å²) in [5.74, 6) is 1.80. The van der Waals surface area contributed by atoms with E-state index in [9.17, 15) is 0 Å². The molecule has 0 aliphatic carbocycles. The van der Waals surface area contributed by atoms with E-state index in [0.717, 1.165) is 54.3 Å². The first-order valence-electron chi connectivity index (χ1n) is 8.63. The highest BCUT2D eigenvalue weighted by atomic mass is 35.5. The van der Waals surface area contributed by atoms with Crippen molar-refractivity contribution in [2.24, 2.45) is 0 Å². The number of anilines is 1. The van der Waals surface area contributed by atoms with Crippen molar-refractivity contribution < 1.29 is 4.74 Å². The Morgan fingerprint density at radius 2 is 1.81 bits per heavy atom. The van der Waals surface area contributed by atoms with Crippen LogP contribution in [0.3, 0.4) is 0 Å². The third kappa shape index (κ3) is 3.15. The molecule has 6 heteroatoms. The Balaban J connectivity index is 1.93. The van der Waals surface area contributed by atoms with Crippen molar-refractivity contribution >= 4 is 29.0 Å². The lowest BCUT2D eigenvalue weighted by atomic mass is 10.0. The molecular formula is C20H19Cl2N3O. The summed E-state index contributed by atoms with van der Waals surface area (Å²) in [7, 11) is 1.67. The van der Waals surface area contributed by atoms with Crippen LogP contribution in [0.1, 0.15) is 18.4 Å². The predicted molar refractivity (Wildman–Crippen MR) is 107 cm³/mol. The second-order valence-electron chi connectivity index (χ2n) is 6.29. The summed E-state index contributed by atoms with van der Waals surface area (Å²) in [6.45, 7) is 0.929. The van der Waals surface area contributed by atoms with Gasteiger partial charge in [0, 0.05) is 27.7 Å². The lowest BCUT2D eigenvalue weighted by Crippen LogP contribution is -2.07. The average Bonchev–Trinajstić information content (AvgIpc) is 2.84. The fourth-order valence-corrected chi connectivity index (χ4v) is 3.65. The van der Waals surface area contributed by atoms with Crippen molar-refractivity contribution in [3.8, 4) is 22.7 Å². The van der Waals surface area contributed by atoms with E-state index in [1.807, 2.05) is 47.1 Å². The van der Waals surface area contributed by atoms with Crippen molar-refractivity contribution in [2.45, 2.75) is 19.3 Å². The summed E-state index contributed by atoms with van der Waals surface area (Å²) in [6, 6.07) is 13.3. The molecule has 4 nitrogen and oxygen atoms in total. The number of rotatable bonds is 3. The highest BCUT2D eigenvalue weighted by Crippen LogP contribution is 2.39. The average molecular weight is 388 g/mol. The molecule has 4 rings (SSSR count). The number of methoxy groups -OCH3 is 1. The van der Waals surface area contributed by atoms with Crippen LogP contribution in [0, 0.1) is 0 Å². The van der Waals surface area contributed by atoms with Gasteiger partial charge in [0.05, 0.1) is 12.8 Å². The van der Waals surface area contributed by atoms with Crippen LogP contribution in [-0.2, 0) is 6.42 Å². The molecule has 26 heavy (non-hydrogen) atoms. The fourth-order valence-electron chi connectivity index (χ4n) is 3.35. The molecule has 0 unspecified atom stereocenters. The summed E-state index contributed by atoms with van der Waals surface area (Å²) in [4.78, 5) is 0. The molecule has 1 aliphatic rings. The molecular weight excluding hydrogens is 369 g/mol. The minimum atomic E-state index is 0.664. The summed E-state index contributed by atoms with van der Waals surface area (Å²) in [5.41, 5.74) is 3.97. The van der Waals surface area contributed by atoms with Gasteiger partial charge in [-0.25, -0.2) is 4.68 Å². The van der Waals surface area contributed by atoms with Crippen LogP contribution >= 0.6 is 23.2 Å². The lowest BCUT2D eigenvalue weighted by Gasteiger charge is -2.09. The Labute approximate surface area is 162 Å². The smallest absolute Gasteiger partial charge is 0.133 e. The van der Waals surface area contributed by atoms with Gasteiger partial charge in [-0.1, -0.05) is 23.2 Å². The minimum Gasteiger partial charge on any atom is -0.496 e. The molecule has 0 atom stereocenters. The molecule has 3 aromatic rings.